The van der Waals surface area contributed by atoms with E-state index in [0.29, 0.717) is 39.2 Å². The molecular weight excluding hydrogens is 494 g/mol. The Morgan fingerprint density at radius 2 is 1.88 bits per heavy atom. The number of hydrogen-bond donors (Lipinski definition) is 2. The molecule has 0 atom stereocenters. The minimum atomic E-state index is -0.437. The number of carbonyl (C=O) groups is 3. The Labute approximate surface area is 212 Å². The van der Waals surface area contributed by atoms with Crippen LogP contribution in [-0.4, -0.2) is 40.6 Å². The highest BCUT2D eigenvalue weighted by atomic mass is 35.5. The van der Waals surface area contributed by atoms with Gasteiger partial charge in [-0.2, -0.15) is 0 Å². The summed E-state index contributed by atoms with van der Waals surface area (Å²) in [5.74, 6) is -0.0783. The van der Waals surface area contributed by atoms with E-state index in [1.54, 1.807) is 30.2 Å². The first-order chi connectivity index (χ1) is 16.4. The van der Waals surface area contributed by atoms with Crippen molar-refractivity contribution in [2.24, 2.45) is 0 Å². The van der Waals surface area contributed by atoms with Crippen LogP contribution in [0.2, 0.25) is 5.02 Å². The first-order valence-corrected chi connectivity index (χ1v) is 12.2. The van der Waals surface area contributed by atoms with Crippen LogP contribution in [0.15, 0.2) is 53.4 Å². The molecule has 3 amide bonds. The topological polar surface area (TPSA) is 87.7 Å². The van der Waals surface area contributed by atoms with Crippen molar-refractivity contribution >= 4 is 63.7 Å². The normalized spacial score (nSPS) is 14.4. The van der Waals surface area contributed by atoms with Crippen molar-refractivity contribution < 1.29 is 19.1 Å². The van der Waals surface area contributed by atoms with Gasteiger partial charge >= 0.3 is 0 Å². The number of nitrogens with one attached hydrogen (secondary N) is 2. The van der Waals surface area contributed by atoms with Gasteiger partial charge in [0.2, 0.25) is 5.91 Å². The van der Waals surface area contributed by atoms with Crippen molar-refractivity contribution in [3.05, 3.63) is 69.6 Å². The van der Waals surface area contributed by atoms with Crippen LogP contribution >= 0.6 is 35.6 Å². The summed E-state index contributed by atoms with van der Waals surface area (Å²) in [6, 6.07) is 13.9. The zero-order chi connectivity index (χ0) is 24.5. The Hall–Kier alpha value is -2.88. The van der Waals surface area contributed by atoms with Crippen LogP contribution in [0.25, 0.3) is 6.08 Å². The third kappa shape index (κ3) is 7.31. The predicted molar refractivity (Wildman–Crippen MR) is 138 cm³/mol. The molecule has 0 aliphatic carbocycles. The monoisotopic (exact) mass is 517 g/mol. The number of methoxy groups -OCH3 is 1. The first-order valence-electron chi connectivity index (χ1n) is 10.6. The minimum absolute atomic E-state index is 0.104. The summed E-state index contributed by atoms with van der Waals surface area (Å²) in [6.07, 6.45) is 4.15. The highest BCUT2D eigenvalue weighted by Crippen LogP contribution is 2.33. The number of benzene rings is 2. The lowest BCUT2D eigenvalue weighted by atomic mass is 10.1. The van der Waals surface area contributed by atoms with Crippen molar-refractivity contribution in [2.75, 3.05) is 13.7 Å². The Bertz CT molecular complexity index is 1110. The van der Waals surface area contributed by atoms with E-state index < -0.39 is 5.91 Å². The number of carbonyl (C=O) groups excluding carboxylic acids is 3. The van der Waals surface area contributed by atoms with E-state index in [1.165, 1.54) is 17.8 Å². The summed E-state index contributed by atoms with van der Waals surface area (Å²) in [4.78, 5) is 38.9. The van der Waals surface area contributed by atoms with Gasteiger partial charge in [0.15, 0.2) is 0 Å². The van der Waals surface area contributed by atoms with Gasteiger partial charge in [0.25, 0.3) is 11.8 Å². The van der Waals surface area contributed by atoms with Crippen LogP contribution in [-0.2, 0) is 9.59 Å². The van der Waals surface area contributed by atoms with Gasteiger partial charge in [0.1, 0.15) is 10.1 Å². The van der Waals surface area contributed by atoms with Gasteiger partial charge in [-0.15, -0.1) is 0 Å². The summed E-state index contributed by atoms with van der Waals surface area (Å²) in [6.45, 7) is 0.498. The fourth-order valence-electron chi connectivity index (χ4n) is 3.17. The second kappa shape index (κ2) is 12.5. The molecule has 1 saturated heterocycles. The van der Waals surface area contributed by atoms with Crippen LogP contribution in [0.3, 0.4) is 0 Å². The zero-order valence-corrected chi connectivity index (χ0v) is 20.9. The lowest BCUT2D eigenvalue weighted by molar-refractivity contribution is -0.123. The molecule has 0 unspecified atom stereocenters. The molecule has 2 N–H and O–H groups in total. The molecule has 34 heavy (non-hydrogen) atoms. The van der Waals surface area contributed by atoms with Gasteiger partial charge in [0.05, 0.1) is 12.0 Å². The fraction of sp³-hybridized carbons (Fsp3) is 0.250. The zero-order valence-electron chi connectivity index (χ0n) is 18.5. The Balaban J connectivity index is 1.36. The summed E-state index contributed by atoms with van der Waals surface area (Å²) in [5, 5.41) is 0.441. The van der Waals surface area contributed by atoms with Crippen molar-refractivity contribution in [2.45, 2.75) is 25.7 Å². The number of hydrazine groups is 1. The second-order valence-corrected chi connectivity index (χ2v) is 9.54. The van der Waals surface area contributed by atoms with E-state index in [4.69, 9.17) is 28.6 Å². The fourth-order valence-corrected chi connectivity index (χ4v) is 4.67. The molecule has 0 saturated carbocycles. The van der Waals surface area contributed by atoms with E-state index in [0.717, 1.165) is 17.7 Å². The SMILES string of the molecule is COc1ccc(C=C2SC(=S)N(CCCCCC(=O)NNC(=O)c3cccc(Cl)c3)C2=O)cc1. The van der Waals surface area contributed by atoms with E-state index in [-0.39, 0.29) is 18.2 Å². The largest absolute Gasteiger partial charge is 0.497 e. The Kier molecular flexibility index (Phi) is 9.50. The van der Waals surface area contributed by atoms with Crippen LogP contribution in [0.1, 0.15) is 41.6 Å². The molecule has 2 aromatic carbocycles. The highest BCUT2D eigenvalue weighted by molar-refractivity contribution is 8.26. The van der Waals surface area contributed by atoms with Crippen molar-refractivity contribution in [3.8, 4) is 5.75 Å². The second-order valence-electron chi connectivity index (χ2n) is 7.43. The van der Waals surface area contributed by atoms with Gasteiger partial charge < -0.3 is 4.74 Å². The molecule has 0 bridgehead atoms. The maximum atomic E-state index is 12.7. The van der Waals surface area contributed by atoms with E-state index in [9.17, 15) is 14.4 Å². The molecule has 178 valence electrons. The minimum Gasteiger partial charge on any atom is -0.497 e. The average Bonchev–Trinajstić information content (AvgIpc) is 3.10. The number of nitrogens with zero attached hydrogens (tertiary/aromatic N) is 1. The molecule has 10 heteroatoms. The first kappa shape index (κ1) is 25.7. The van der Waals surface area contributed by atoms with Gasteiger partial charge in [-0.1, -0.05) is 60.2 Å². The maximum absolute atomic E-state index is 12.7. The summed E-state index contributed by atoms with van der Waals surface area (Å²) in [5.41, 5.74) is 6.02. The number of unbranched alkanes of at least 4 members (excludes halogenated alkanes) is 2. The Morgan fingerprint density at radius 3 is 2.59 bits per heavy atom. The molecule has 0 spiro atoms. The lowest BCUT2D eigenvalue weighted by Gasteiger charge is -2.14. The highest BCUT2D eigenvalue weighted by Gasteiger charge is 2.31. The number of amides is 3. The quantitative estimate of drug-likeness (QED) is 0.219. The molecule has 1 fully saturated rings. The van der Waals surface area contributed by atoms with E-state index in [2.05, 4.69) is 10.9 Å². The van der Waals surface area contributed by atoms with Crippen LogP contribution in [0.5, 0.6) is 5.75 Å². The van der Waals surface area contributed by atoms with Crippen molar-refractivity contribution in [3.63, 3.8) is 0 Å². The van der Waals surface area contributed by atoms with Gasteiger partial charge in [-0.05, 0) is 54.8 Å². The number of thioether (sulfide) groups is 1. The molecule has 1 heterocycles. The average molecular weight is 518 g/mol. The van der Waals surface area contributed by atoms with Crippen LogP contribution in [0.4, 0.5) is 0 Å². The summed E-state index contributed by atoms with van der Waals surface area (Å²) < 4.78 is 5.68. The maximum Gasteiger partial charge on any atom is 0.269 e. The standard InChI is InChI=1S/C24H24ClN3O4S2/c1-32-19-11-9-16(10-12-19)14-20-23(31)28(24(33)34-20)13-4-2-3-8-21(29)26-27-22(30)17-6-5-7-18(25)15-17/h5-7,9-12,14-15H,2-4,8,13H2,1H3,(H,26,29)(H,27,30). The van der Waals surface area contributed by atoms with Gasteiger partial charge in [-0.25, -0.2) is 0 Å². The number of hydrogen-bond acceptors (Lipinski definition) is 6. The van der Waals surface area contributed by atoms with Crippen molar-refractivity contribution in [1.29, 1.82) is 0 Å². The summed E-state index contributed by atoms with van der Waals surface area (Å²) in [7, 11) is 1.60. The van der Waals surface area contributed by atoms with Crippen molar-refractivity contribution in [1.82, 2.24) is 15.8 Å². The van der Waals surface area contributed by atoms with Crippen LogP contribution < -0.4 is 15.6 Å². The van der Waals surface area contributed by atoms with E-state index >= 15 is 0 Å². The number of halogens is 1. The number of rotatable bonds is 9. The van der Waals surface area contributed by atoms with Crippen LogP contribution in [0, 0.1) is 0 Å². The number of thiocarbonyl (C=S) groups is 1. The lowest BCUT2D eigenvalue weighted by Crippen LogP contribution is -2.41. The third-order valence-corrected chi connectivity index (χ3v) is 6.59. The number of ether oxygens (including phenoxy) is 1. The molecule has 0 radical (unpaired) electrons. The molecule has 1 aliphatic rings. The van der Waals surface area contributed by atoms with Gasteiger partial charge in [-0.3, -0.25) is 30.1 Å². The molecule has 7 nitrogen and oxygen atoms in total. The molecular formula is C24H24ClN3O4S2. The summed E-state index contributed by atoms with van der Waals surface area (Å²) >= 11 is 12.5. The molecule has 1 aliphatic heterocycles. The molecule has 0 aromatic heterocycles. The molecule has 3 rings (SSSR count). The third-order valence-electron chi connectivity index (χ3n) is 4.97. The molecule has 2 aromatic rings. The smallest absolute Gasteiger partial charge is 0.269 e. The predicted octanol–water partition coefficient (Wildman–Crippen LogP) is 4.57. The van der Waals surface area contributed by atoms with E-state index in [1.807, 2.05) is 30.3 Å². The van der Waals surface area contributed by atoms with Gasteiger partial charge in [0, 0.05) is 23.6 Å². The Morgan fingerprint density at radius 1 is 1.12 bits per heavy atom.